The van der Waals surface area contributed by atoms with Crippen LogP contribution in [0.1, 0.15) is 16.7 Å². The normalized spacial score (nSPS) is 11.0. The molecular formula is C24H28NO4+. The van der Waals surface area contributed by atoms with Crippen molar-refractivity contribution in [3.63, 3.8) is 0 Å². The minimum atomic E-state index is -0.345. The minimum absolute atomic E-state index is 0.149. The molecule has 0 aliphatic heterocycles. The van der Waals surface area contributed by atoms with E-state index in [0.717, 1.165) is 16.7 Å². The number of hydrogen-bond donors (Lipinski definition) is 2. The van der Waals surface area contributed by atoms with E-state index in [4.69, 9.17) is 14.2 Å². The number of nitrogens with two attached hydrogens (primary N) is 1. The zero-order valence-corrected chi connectivity index (χ0v) is 16.7. The fourth-order valence-corrected chi connectivity index (χ4v) is 2.96. The molecule has 0 fully saturated rings. The fraction of sp³-hybridized carbons (Fsp3) is 0.250. The molecule has 0 atom stereocenters. The first-order valence-electron chi connectivity index (χ1n) is 9.73. The van der Waals surface area contributed by atoms with E-state index in [0.29, 0.717) is 32.1 Å². The number of ether oxygens (including phenoxy) is 3. The summed E-state index contributed by atoms with van der Waals surface area (Å²) in [6.07, 6.45) is -0.345. The standard InChI is InChI=1S/C24H27NO4/c1-27-23-13-12-21(14-22(23)26)15-25-16-24(28-17-19-8-4-2-5-9-19)29-18-20-10-6-3-7-11-20/h2-14,24-26H,15-18H2,1H3/p+1. The van der Waals surface area contributed by atoms with Gasteiger partial charge in [0, 0.05) is 5.56 Å². The van der Waals surface area contributed by atoms with E-state index < -0.39 is 0 Å². The van der Waals surface area contributed by atoms with Crippen molar-refractivity contribution >= 4 is 0 Å². The highest BCUT2D eigenvalue weighted by Crippen LogP contribution is 2.25. The van der Waals surface area contributed by atoms with Crippen molar-refractivity contribution in [3.8, 4) is 11.5 Å². The molecule has 0 radical (unpaired) electrons. The van der Waals surface area contributed by atoms with Crippen LogP contribution in [-0.4, -0.2) is 25.1 Å². The third-order valence-electron chi connectivity index (χ3n) is 4.54. The maximum absolute atomic E-state index is 9.93. The SMILES string of the molecule is COc1ccc(C[NH2+]CC(OCc2ccccc2)OCc2ccccc2)cc1O. The summed E-state index contributed by atoms with van der Waals surface area (Å²) in [6.45, 7) is 2.35. The quantitative estimate of drug-likeness (QED) is 0.490. The number of rotatable bonds is 11. The lowest BCUT2D eigenvalue weighted by atomic mass is 10.2. The molecule has 0 amide bonds. The Morgan fingerprint density at radius 3 is 1.90 bits per heavy atom. The average Bonchev–Trinajstić information content (AvgIpc) is 2.77. The number of phenolic OH excluding ortho intramolecular Hbond substituents is 1. The van der Waals surface area contributed by atoms with Crippen LogP contribution in [0.5, 0.6) is 11.5 Å². The Hall–Kier alpha value is -2.86. The molecular weight excluding hydrogens is 366 g/mol. The Morgan fingerprint density at radius 2 is 1.38 bits per heavy atom. The molecule has 3 aromatic rings. The Kier molecular flexibility index (Phi) is 8.07. The van der Waals surface area contributed by atoms with Gasteiger partial charge in [0.15, 0.2) is 11.5 Å². The highest BCUT2D eigenvalue weighted by atomic mass is 16.7. The molecule has 3 N–H and O–H groups in total. The zero-order chi connectivity index (χ0) is 20.3. The van der Waals surface area contributed by atoms with Gasteiger partial charge in [0.1, 0.15) is 13.1 Å². The highest BCUT2D eigenvalue weighted by Gasteiger charge is 2.13. The molecule has 0 unspecified atom stereocenters. The molecule has 0 bridgehead atoms. The largest absolute Gasteiger partial charge is 0.504 e. The lowest BCUT2D eigenvalue weighted by Crippen LogP contribution is -2.85. The molecule has 0 saturated carbocycles. The second-order valence-corrected chi connectivity index (χ2v) is 6.76. The predicted octanol–water partition coefficient (Wildman–Crippen LogP) is 3.22. The summed E-state index contributed by atoms with van der Waals surface area (Å²) in [5.74, 6) is 0.625. The number of aromatic hydroxyl groups is 1. The monoisotopic (exact) mass is 394 g/mol. The average molecular weight is 394 g/mol. The zero-order valence-electron chi connectivity index (χ0n) is 16.7. The second-order valence-electron chi connectivity index (χ2n) is 6.76. The third kappa shape index (κ3) is 6.91. The third-order valence-corrected chi connectivity index (χ3v) is 4.54. The van der Waals surface area contributed by atoms with Crippen LogP contribution in [-0.2, 0) is 29.2 Å². The van der Waals surface area contributed by atoms with Crippen LogP contribution in [0.15, 0.2) is 78.9 Å². The van der Waals surface area contributed by atoms with Crippen LogP contribution in [0.3, 0.4) is 0 Å². The Labute approximate surface area is 171 Å². The van der Waals surface area contributed by atoms with Gasteiger partial charge in [-0.1, -0.05) is 60.7 Å². The second kappa shape index (κ2) is 11.2. The van der Waals surface area contributed by atoms with Crippen molar-refractivity contribution in [1.29, 1.82) is 0 Å². The molecule has 5 nitrogen and oxygen atoms in total. The number of quaternary nitrogens is 1. The van der Waals surface area contributed by atoms with E-state index in [1.807, 2.05) is 66.7 Å². The van der Waals surface area contributed by atoms with Crippen LogP contribution in [0.2, 0.25) is 0 Å². The number of hydrogen-bond acceptors (Lipinski definition) is 4. The first kappa shape index (κ1) is 20.9. The van der Waals surface area contributed by atoms with Gasteiger partial charge in [-0.2, -0.15) is 0 Å². The molecule has 0 aliphatic carbocycles. The molecule has 0 aliphatic rings. The first-order valence-corrected chi connectivity index (χ1v) is 9.73. The van der Waals surface area contributed by atoms with Crippen molar-refractivity contribution in [2.24, 2.45) is 0 Å². The minimum Gasteiger partial charge on any atom is -0.504 e. The molecule has 29 heavy (non-hydrogen) atoms. The Bertz CT molecular complexity index is 812. The van der Waals surface area contributed by atoms with Crippen molar-refractivity contribution in [1.82, 2.24) is 0 Å². The van der Waals surface area contributed by atoms with Crippen molar-refractivity contribution in [2.45, 2.75) is 26.0 Å². The summed E-state index contributed by atoms with van der Waals surface area (Å²) in [4.78, 5) is 0. The van der Waals surface area contributed by atoms with Gasteiger partial charge in [0.25, 0.3) is 0 Å². The predicted molar refractivity (Wildman–Crippen MR) is 111 cm³/mol. The van der Waals surface area contributed by atoms with Gasteiger partial charge < -0.3 is 24.6 Å². The van der Waals surface area contributed by atoms with Gasteiger partial charge in [-0.3, -0.25) is 0 Å². The lowest BCUT2D eigenvalue weighted by molar-refractivity contribution is -0.683. The summed E-state index contributed by atoms with van der Waals surface area (Å²) in [6, 6.07) is 25.6. The topological polar surface area (TPSA) is 64.5 Å². The summed E-state index contributed by atoms with van der Waals surface area (Å²) in [5, 5.41) is 12.0. The summed E-state index contributed by atoms with van der Waals surface area (Å²) < 4.78 is 17.1. The lowest BCUT2D eigenvalue weighted by Gasteiger charge is -2.18. The molecule has 0 saturated heterocycles. The Balaban J connectivity index is 1.54. The van der Waals surface area contributed by atoms with Crippen LogP contribution in [0.25, 0.3) is 0 Å². The molecule has 152 valence electrons. The summed E-state index contributed by atoms with van der Waals surface area (Å²) in [7, 11) is 1.54. The molecule has 3 aromatic carbocycles. The van der Waals surface area contributed by atoms with Crippen LogP contribution in [0, 0.1) is 0 Å². The number of benzene rings is 3. The van der Waals surface area contributed by atoms with E-state index in [-0.39, 0.29) is 12.0 Å². The van der Waals surface area contributed by atoms with Gasteiger partial charge in [-0.15, -0.1) is 0 Å². The number of methoxy groups -OCH3 is 1. The van der Waals surface area contributed by atoms with Crippen LogP contribution in [0.4, 0.5) is 0 Å². The molecule has 0 spiro atoms. The highest BCUT2D eigenvalue weighted by molar-refractivity contribution is 5.41. The van der Waals surface area contributed by atoms with Crippen molar-refractivity contribution in [2.75, 3.05) is 13.7 Å². The van der Waals surface area contributed by atoms with Gasteiger partial charge in [0.2, 0.25) is 6.29 Å². The Morgan fingerprint density at radius 1 is 0.793 bits per heavy atom. The summed E-state index contributed by atoms with van der Waals surface area (Å²) in [5.41, 5.74) is 3.23. The van der Waals surface area contributed by atoms with Crippen LogP contribution < -0.4 is 10.1 Å². The van der Waals surface area contributed by atoms with E-state index in [1.165, 1.54) is 0 Å². The van der Waals surface area contributed by atoms with E-state index in [1.54, 1.807) is 19.2 Å². The van der Waals surface area contributed by atoms with Crippen LogP contribution >= 0.6 is 0 Å². The number of phenols is 1. The van der Waals surface area contributed by atoms with Gasteiger partial charge in [0.05, 0.1) is 20.3 Å². The van der Waals surface area contributed by atoms with Crippen molar-refractivity contribution < 1.29 is 24.6 Å². The van der Waals surface area contributed by atoms with Gasteiger partial charge in [-0.25, -0.2) is 0 Å². The summed E-state index contributed by atoms with van der Waals surface area (Å²) >= 11 is 0. The van der Waals surface area contributed by atoms with E-state index in [9.17, 15) is 5.11 Å². The maximum atomic E-state index is 9.93. The van der Waals surface area contributed by atoms with E-state index >= 15 is 0 Å². The first-order chi connectivity index (χ1) is 14.2. The molecule has 5 heteroatoms. The van der Waals surface area contributed by atoms with Gasteiger partial charge in [-0.05, 0) is 29.3 Å². The maximum Gasteiger partial charge on any atom is 0.208 e. The molecule has 3 rings (SSSR count). The molecule has 0 aromatic heterocycles. The van der Waals surface area contributed by atoms with Gasteiger partial charge >= 0.3 is 0 Å². The van der Waals surface area contributed by atoms with E-state index in [2.05, 4.69) is 5.32 Å². The van der Waals surface area contributed by atoms with Crippen molar-refractivity contribution in [3.05, 3.63) is 95.6 Å². The smallest absolute Gasteiger partial charge is 0.208 e. The molecule has 0 heterocycles. The fourth-order valence-electron chi connectivity index (χ4n) is 2.96.